The minimum Gasteiger partial charge on any atom is -0.497 e. The monoisotopic (exact) mass is 461 g/mol. The van der Waals surface area contributed by atoms with Crippen molar-refractivity contribution < 1.29 is 18.7 Å². The van der Waals surface area contributed by atoms with E-state index in [1.54, 1.807) is 31.4 Å². The van der Waals surface area contributed by atoms with Crippen molar-refractivity contribution in [2.24, 2.45) is 0 Å². The maximum absolute atomic E-state index is 12.4. The zero-order chi connectivity index (χ0) is 23.4. The largest absolute Gasteiger partial charge is 0.497 e. The van der Waals surface area contributed by atoms with Crippen LogP contribution in [0.3, 0.4) is 0 Å². The minimum atomic E-state index is -0.304. The maximum Gasteiger partial charge on any atom is 0.257 e. The van der Waals surface area contributed by atoms with E-state index >= 15 is 0 Å². The SMILES string of the molecule is COc1ccc2oc(-c3ccc(NC(=S)NC(=O)c4ccc(OC(C)C)cc4)cc3)nc2c1. The molecule has 0 radical (unpaired) electrons. The highest BCUT2D eigenvalue weighted by atomic mass is 32.1. The molecule has 7 nitrogen and oxygen atoms in total. The second-order valence-corrected chi connectivity index (χ2v) is 7.94. The predicted molar refractivity (Wildman–Crippen MR) is 132 cm³/mol. The summed E-state index contributed by atoms with van der Waals surface area (Å²) in [5.41, 5.74) is 3.43. The van der Waals surface area contributed by atoms with Crippen LogP contribution in [-0.4, -0.2) is 29.2 Å². The second-order valence-electron chi connectivity index (χ2n) is 7.53. The molecule has 1 aromatic heterocycles. The van der Waals surface area contributed by atoms with E-state index in [0.29, 0.717) is 22.8 Å². The number of thiocarbonyl (C=S) groups is 1. The lowest BCUT2D eigenvalue weighted by Crippen LogP contribution is -2.34. The molecule has 0 fully saturated rings. The maximum atomic E-state index is 12.4. The standard InChI is InChI=1S/C25H23N3O4S/c1-15(2)31-19-10-6-16(7-11-19)23(29)28-25(33)26-18-8-4-17(5-9-18)24-27-21-14-20(30-3)12-13-22(21)32-24/h4-15H,1-3H3,(H2,26,28,29,33). The molecule has 0 bridgehead atoms. The third kappa shape index (κ3) is 5.48. The van der Waals surface area contributed by atoms with Crippen molar-refractivity contribution >= 4 is 40.0 Å². The summed E-state index contributed by atoms with van der Waals surface area (Å²) < 4.78 is 16.6. The Bertz CT molecular complexity index is 1280. The number of benzene rings is 3. The number of ether oxygens (including phenoxy) is 2. The summed E-state index contributed by atoms with van der Waals surface area (Å²) in [6.45, 7) is 3.89. The zero-order valence-corrected chi connectivity index (χ0v) is 19.2. The number of nitrogens with one attached hydrogen (secondary N) is 2. The summed E-state index contributed by atoms with van der Waals surface area (Å²) in [5, 5.41) is 5.88. The molecule has 0 saturated carbocycles. The lowest BCUT2D eigenvalue weighted by molar-refractivity contribution is 0.0977. The third-order valence-corrected chi connectivity index (χ3v) is 4.90. The molecule has 1 amide bonds. The van der Waals surface area contributed by atoms with E-state index in [1.165, 1.54) is 0 Å². The Morgan fingerprint density at radius 1 is 1.00 bits per heavy atom. The van der Waals surface area contributed by atoms with E-state index in [1.807, 2.05) is 56.3 Å². The predicted octanol–water partition coefficient (Wildman–Crippen LogP) is 5.42. The first-order valence-electron chi connectivity index (χ1n) is 10.4. The van der Waals surface area contributed by atoms with Crippen LogP contribution in [0.5, 0.6) is 11.5 Å². The van der Waals surface area contributed by atoms with Crippen LogP contribution in [0.4, 0.5) is 5.69 Å². The number of amides is 1. The Morgan fingerprint density at radius 2 is 1.70 bits per heavy atom. The fraction of sp³-hybridized carbons (Fsp3) is 0.160. The van der Waals surface area contributed by atoms with Crippen molar-refractivity contribution in [2.75, 3.05) is 12.4 Å². The average molecular weight is 462 g/mol. The quantitative estimate of drug-likeness (QED) is 0.371. The Hall–Kier alpha value is -3.91. The molecule has 4 rings (SSSR count). The second kappa shape index (κ2) is 9.70. The number of anilines is 1. The highest BCUT2D eigenvalue weighted by molar-refractivity contribution is 7.80. The van der Waals surface area contributed by atoms with Crippen LogP contribution in [0.2, 0.25) is 0 Å². The van der Waals surface area contributed by atoms with Gasteiger partial charge in [0.15, 0.2) is 10.7 Å². The highest BCUT2D eigenvalue weighted by Gasteiger charge is 2.11. The molecule has 0 aliphatic carbocycles. The van der Waals surface area contributed by atoms with Gasteiger partial charge in [-0.3, -0.25) is 10.1 Å². The van der Waals surface area contributed by atoms with Crippen LogP contribution in [0.25, 0.3) is 22.6 Å². The van der Waals surface area contributed by atoms with Crippen LogP contribution in [-0.2, 0) is 0 Å². The van der Waals surface area contributed by atoms with Crippen molar-refractivity contribution in [1.82, 2.24) is 10.3 Å². The zero-order valence-electron chi connectivity index (χ0n) is 18.4. The smallest absolute Gasteiger partial charge is 0.257 e. The van der Waals surface area contributed by atoms with Crippen molar-refractivity contribution in [3.63, 3.8) is 0 Å². The molecular formula is C25H23N3O4S. The number of methoxy groups -OCH3 is 1. The Labute approximate surface area is 196 Å². The van der Waals surface area contributed by atoms with E-state index < -0.39 is 0 Å². The Kier molecular flexibility index (Phi) is 6.55. The summed E-state index contributed by atoms with van der Waals surface area (Å²) in [4.78, 5) is 17.0. The van der Waals surface area contributed by atoms with Crippen molar-refractivity contribution in [3.05, 3.63) is 72.3 Å². The summed E-state index contributed by atoms with van der Waals surface area (Å²) in [6, 6.07) is 19.8. The van der Waals surface area contributed by atoms with Gasteiger partial charge in [0.1, 0.15) is 17.0 Å². The van der Waals surface area contributed by atoms with E-state index in [4.69, 9.17) is 26.1 Å². The highest BCUT2D eigenvalue weighted by Crippen LogP contribution is 2.27. The molecule has 8 heteroatoms. The molecule has 4 aromatic rings. The lowest BCUT2D eigenvalue weighted by atomic mass is 10.2. The van der Waals surface area contributed by atoms with Gasteiger partial charge in [0, 0.05) is 22.9 Å². The number of aromatic nitrogens is 1. The summed E-state index contributed by atoms with van der Waals surface area (Å²) in [5.74, 6) is 1.63. The molecule has 0 aliphatic rings. The van der Waals surface area contributed by atoms with Gasteiger partial charge in [0.05, 0.1) is 13.2 Å². The molecule has 33 heavy (non-hydrogen) atoms. The van der Waals surface area contributed by atoms with Crippen LogP contribution in [0, 0.1) is 0 Å². The number of hydrogen-bond acceptors (Lipinski definition) is 6. The number of oxazole rings is 1. The summed E-state index contributed by atoms with van der Waals surface area (Å²) in [7, 11) is 1.61. The third-order valence-electron chi connectivity index (χ3n) is 4.70. The molecule has 0 saturated heterocycles. The van der Waals surface area contributed by atoms with Crippen LogP contribution in [0.1, 0.15) is 24.2 Å². The first kappa shape index (κ1) is 22.3. The number of carbonyl (C=O) groups is 1. The van der Waals surface area contributed by atoms with Gasteiger partial charge in [0.2, 0.25) is 5.89 Å². The summed E-state index contributed by atoms with van der Waals surface area (Å²) >= 11 is 5.28. The van der Waals surface area contributed by atoms with Gasteiger partial charge in [-0.05, 0) is 86.7 Å². The van der Waals surface area contributed by atoms with Gasteiger partial charge in [-0.15, -0.1) is 0 Å². The molecule has 0 aliphatic heterocycles. The van der Waals surface area contributed by atoms with Crippen molar-refractivity contribution in [3.8, 4) is 23.0 Å². The van der Waals surface area contributed by atoms with Gasteiger partial charge in [-0.1, -0.05) is 0 Å². The van der Waals surface area contributed by atoms with Crippen molar-refractivity contribution in [2.45, 2.75) is 20.0 Å². The number of carbonyl (C=O) groups excluding carboxylic acids is 1. The fourth-order valence-corrected chi connectivity index (χ4v) is 3.36. The number of fused-ring (bicyclic) bond motifs is 1. The lowest BCUT2D eigenvalue weighted by Gasteiger charge is -2.11. The molecule has 168 valence electrons. The Morgan fingerprint density at radius 3 is 2.36 bits per heavy atom. The van der Waals surface area contributed by atoms with E-state index in [2.05, 4.69) is 15.6 Å². The average Bonchev–Trinajstić information content (AvgIpc) is 3.22. The summed E-state index contributed by atoms with van der Waals surface area (Å²) in [6.07, 6.45) is 0.0685. The number of hydrogen-bond donors (Lipinski definition) is 2. The van der Waals surface area contributed by atoms with E-state index in [-0.39, 0.29) is 17.1 Å². The molecular weight excluding hydrogens is 438 g/mol. The first-order valence-corrected chi connectivity index (χ1v) is 10.8. The molecule has 0 spiro atoms. The number of nitrogens with zero attached hydrogens (tertiary/aromatic N) is 1. The molecule has 0 atom stereocenters. The van der Waals surface area contributed by atoms with Crippen LogP contribution < -0.4 is 20.1 Å². The molecule has 1 heterocycles. The van der Waals surface area contributed by atoms with E-state index in [9.17, 15) is 4.79 Å². The first-order chi connectivity index (χ1) is 15.9. The van der Waals surface area contributed by atoms with Gasteiger partial charge in [-0.25, -0.2) is 4.98 Å². The van der Waals surface area contributed by atoms with Gasteiger partial charge in [0.25, 0.3) is 5.91 Å². The van der Waals surface area contributed by atoms with Gasteiger partial charge >= 0.3 is 0 Å². The molecule has 2 N–H and O–H groups in total. The van der Waals surface area contributed by atoms with Gasteiger partial charge in [-0.2, -0.15) is 0 Å². The van der Waals surface area contributed by atoms with Gasteiger partial charge < -0.3 is 19.2 Å². The normalized spacial score (nSPS) is 10.8. The molecule has 3 aromatic carbocycles. The topological polar surface area (TPSA) is 85.6 Å². The number of rotatable bonds is 6. The fourth-order valence-electron chi connectivity index (χ4n) is 3.15. The van der Waals surface area contributed by atoms with Crippen LogP contribution in [0.15, 0.2) is 71.1 Å². The Balaban J connectivity index is 1.37. The molecule has 0 unspecified atom stereocenters. The van der Waals surface area contributed by atoms with Crippen molar-refractivity contribution in [1.29, 1.82) is 0 Å². The van der Waals surface area contributed by atoms with E-state index in [0.717, 1.165) is 22.5 Å². The minimum absolute atomic E-state index is 0.0685. The van der Waals surface area contributed by atoms with Crippen LogP contribution >= 0.6 is 12.2 Å².